The first kappa shape index (κ1) is 18.2. The number of nitrogens with zero attached hydrogens (tertiary/aromatic N) is 2. The van der Waals surface area contributed by atoms with Gasteiger partial charge in [0.15, 0.2) is 0 Å². The van der Waals surface area contributed by atoms with Crippen LogP contribution in [0.15, 0.2) is 48.7 Å². The van der Waals surface area contributed by atoms with E-state index in [1.54, 1.807) is 17.9 Å². The van der Waals surface area contributed by atoms with E-state index in [-0.39, 0.29) is 17.4 Å². The Labute approximate surface area is 161 Å². The fourth-order valence-corrected chi connectivity index (χ4v) is 3.51. The summed E-state index contributed by atoms with van der Waals surface area (Å²) in [6.45, 7) is 1.05. The summed E-state index contributed by atoms with van der Waals surface area (Å²) in [7, 11) is 1.74. The van der Waals surface area contributed by atoms with Gasteiger partial charge in [-0.3, -0.25) is 9.48 Å². The van der Waals surface area contributed by atoms with Crippen molar-refractivity contribution in [2.75, 3.05) is 11.9 Å². The highest BCUT2D eigenvalue weighted by atomic mass is 19.1. The van der Waals surface area contributed by atoms with Crippen LogP contribution >= 0.6 is 0 Å². The average molecular weight is 382 g/mol. The molecule has 3 aromatic rings. The van der Waals surface area contributed by atoms with E-state index in [0.29, 0.717) is 25.2 Å². The standard InChI is InChI=1S/C21H20F2N4O/c1-27-12-15(21(26-27)18-9-16(22)5-6-19(18)23)11-24-17-4-2-3-13(7-17)14-8-20(28)25-10-14/h2-7,9,12,14,24H,8,10-11H2,1H3,(H,25,28). The summed E-state index contributed by atoms with van der Waals surface area (Å²) in [5, 5.41) is 10.5. The zero-order valence-electron chi connectivity index (χ0n) is 15.4. The number of aromatic nitrogens is 2. The molecule has 2 N–H and O–H groups in total. The third-order valence-electron chi connectivity index (χ3n) is 4.91. The molecule has 4 rings (SSSR count). The van der Waals surface area contributed by atoms with E-state index < -0.39 is 11.6 Å². The Morgan fingerprint density at radius 1 is 1.25 bits per heavy atom. The van der Waals surface area contributed by atoms with Gasteiger partial charge in [0.05, 0.1) is 0 Å². The molecule has 0 aliphatic carbocycles. The van der Waals surface area contributed by atoms with Crippen LogP contribution in [0.2, 0.25) is 0 Å². The quantitative estimate of drug-likeness (QED) is 0.709. The molecule has 5 nitrogen and oxygen atoms in total. The lowest BCUT2D eigenvalue weighted by atomic mass is 9.98. The van der Waals surface area contributed by atoms with Gasteiger partial charge in [-0.1, -0.05) is 12.1 Å². The Balaban J connectivity index is 1.55. The molecular weight excluding hydrogens is 362 g/mol. The summed E-state index contributed by atoms with van der Waals surface area (Å²) in [5.74, 6) is -0.778. The lowest BCUT2D eigenvalue weighted by molar-refractivity contribution is -0.119. The number of hydrogen-bond acceptors (Lipinski definition) is 3. The van der Waals surface area contributed by atoms with Gasteiger partial charge < -0.3 is 10.6 Å². The van der Waals surface area contributed by atoms with E-state index in [4.69, 9.17) is 0 Å². The molecule has 0 radical (unpaired) electrons. The molecule has 1 aliphatic rings. The lowest BCUT2D eigenvalue weighted by Gasteiger charge is -2.12. The van der Waals surface area contributed by atoms with Gasteiger partial charge in [-0.05, 0) is 35.9 Å². The second kappa shape index (κ2) is 7.42. The summed E-state index contributed by atoms with van der Waals surface area (Å²) in [4.78, 5) is 11.5. The zero-order valence-corrected chi connectivity index (χ0v) is 15.4. The topological polar surface area (TPSA) is 59.0 Å². The molecule has 0 saturated carbocycles. The minimum atomic E-state index is -0.512. The predicted molar refractivity (Wildman–Crippen MR) is 103 cm³/mol. The van der Waals surface area contributed by atoms with Crippen molar-refractivity contribution in [2.45, 2.75) is 18.9 Å². The fraction of sp³-hybridized carbons (Fsp3) is 0.238. The highest BCUT2D eigenvalue weighted by Gasteiger charge is 2.23. The molecule has 7 heteroatoms. The lowest BCUT2D eigenvalue weighted by Crippen LogP contribution is -2.13. The van der Waals surface area contributed by atoms with E-state index >= 15 is 0 Å². The number of anilines is 1. The molecule has 0 spiro atoms. The van der Waals surface area contributed by atoms with Crippen molar-refractivity contribution in [3.63, 3.8) is 0 Å². The molecular formula is C21H20F2N4O. The third-order valence-corrected chi connectivity index (χ3v) is 4.91. The smallest absolute Gasteiger partial charge is 0.220 e. The molecule has 2 heterocycles. The monoisotopic (exact) mass is 382 g/mol. The van der Waals surface area contributed by atoms with E-state index in [9.17, 15) is 13.6 Å². The first-order valence-corrected chi connectivity index (χ1v) is 9.08. The Bertz CT molecular complexity index is 1030. The summed E-state index contributed by atoms with van der Waals surface area (Å²) in [6.07, 6.45) is 2.28. The molecule has 0 bridgehead atoms. The number of aryl methyl sites for hydroxylation is 1. The normalized spacial score (nSPS) is 16.2. The summed E-state index contributed by atoms with van der Waals surface area (Å²) < 4.78 is 29.4. The van der Waals surface area contributed by atoms with Crippen molar-refractivity contribution in [1.82, 2.24) is 15.1 Å². The van der Waals surface area contributed by atoms with Crippen LogP contribution in [0.25, 0.3) is 11.3 Å². The molecule has 28 heavy (non-hydrogen) atoms. The Kier molecular flexibility index (Phi) is 4.81. The number of carbonyl (C=O) groups is 1. The number of hydrogen-bond donors (Lipinski definition) is 2. The molecule has 1 aromatic heterocycles. The van der Waals surface area contributed by atoms with Gasteiger partial charge in [0, 0.05) is 55.5 Å². The van der Waals surface area contributed by atoms with Crippen LogP contribution in [0.1, 0.15) is 23.5 Å². The number of rotatable bonds is 5. The van der Waals surface area contributed by atoms with Gasteiger partial charge in [0.1, 0.15) is 17.3 Å². The van der Waals surface area contributed by atoms with Crippen molar-refractivity contribution < 1.29 is 13.6 Å². The van der Waals surface area contributed by atoms with E-state index in [1.165, 1.54) is 0 Å². The van der Waals surface area contributed by atoms with Crippen molar-refractivity contribution in [3.05, 3.63) is 71.4 Å². The highest BCUT2D eigenvalue weighted by molar-refractivity contribution is 5.79. The van der Waals surface area contributed by atoms with Crippen molar-refractivity contribution in [1.29, 1.82) is 0 Å². The number of carbonyl (C=O) groups excluding carboxylic acids is 1. The fourth-order valence-electron chi connectivity index (χ4n) is 3.51. The van der Waals surface area contributed by atoms with Crippen LogP contribution in [-0.2, 0) is 18.4 Å². The van der Waals surface area contributed by atoms with Crippen LogP contribution in [-0.4, -0.2) is 22.2 Å². The molecule has 1 atom stereocenters. The largest absolute Gasteiger partial charge is 0.381 e. The van der Waals surface area contributed by atoms with Crippen LogP contribution in [0, 0.1) is 11.6 Å². The summed E-state index contributed by atoms with van der Waals surface area (Å²) in [5.41, 5.74) is 3.29. The maximum absolute atomic E-state index is 14.2. The van der Waals surface area contributed by atoms with E-state index in [2.05, 4.69) is 15.7 Å². The second-order valence-electron chi connectivity index (χ2n) is 6.98. The van der Waals surface area contributed by atoms with Gasteiger partial charge in [0.25, 0.3) is 0 Å². The van der Waals surface area contributed by atoms with Crippen LogP contribution in [0.5, 0.6) is 0 Å². The minimum absolute atomic E-state index is 0.0699. The Morgan fingerprint density at radius 2 is 2.11 bits per heavy atom. The Hall–Kier alpha value is -3.22. The third kappa shape index (κ3) is 3.74. The first-order chi connectivity index (χ1) is 13.5. The molecule has 1 saturated heterocycles. The van der Waals surface area contributed by atoms with Crippen molar-refractivity contribution in [2.24, 2.45) is 7.05 Å². The molecule has 144 valence electrons. The zero-order chi connectivity index (χ0) is 19.7. The molecule has 1 unspecified atom stereocenters. The van der Waals surface area contributed by atoms with E-state index in [0.717, 1.165) is 35.0 Å². The maximum atomic E-state index is 14.2. The molecule has 1 aliphatic heterocycles. The number of nitrogens with one attached hydrogen (secondary N) is 2. The van der Waals surface area contributed by atoms with Crippen molar-refractivity contribution in [3.8, 4) is 11.3 Å². The van der Waals surface area contributed by atoms with Crippen molar-refractivity contribution >= 4 is 11.6 Å². The van der Waals surface area contributed by atoms with Gasteiger partial charge >= 0.3 is 0 Å². The van der Waals surface area contributed by atoms with Gasteiger partial charge in [0.2, 0.25) is 5.91 Å². The van der Waals surface area contributed by atoms with Crippen LogP contribution in [0.3, 0.4) is 0 Å². The molecule has 2 aromatic carbocycles. The SMILES string of the molecule is Cn1cc(CNc2cccc(C3CNC(=O)C3)c2)c(-c2cc(F)ccc2F)n1. The minimum Gasteiger partial charge on any atom is -0.381 e. The van der Waals surface area contributed by atoms with Gasteiger partial charge in [-0.2, -0.15) is 5.10 Å². The van der Waals surface area contributed by atoms with Crippen LogP contribution in [0.4, 0.5) is 14.5 Å². The number of halogens is 2. The molecule has 1 fully saturated rings. The second-order valence-corrected chi connectivity index (χ2v) is 6.98. The summed E-state index contributed by atoms with van der Waals surface area (Å²) in [6, 6.07) is 11.3. The van der Waals surface area contributed by atoms with Crippen LogP contribution < -0.4 is 10.6 Å². The predicted octanol–water partition coefficient (Wildman–Crippen LogP) is 3.58. The highest BCUT2D eigenvalue weighted by Crippen LogP contribution is 2.28. The average Bonchev–Trinajstić information content (AvgIpc) is 3.28. The number of benzene rings is 2. The van der Waals surface area contributed by atoms with E-state index in [1.807, 2.05) is 24.3 Å². The van der Waals surface area contributed by atoms with Gasteiger partial charge in [-0.25, -0.2) is 8.78 Å². The summed E-state index contributed by atoms with van der Waals surface area (Å²) >= 11 is 0. The first-order valence-electron chi connectivity index (χ1n) is 9.08. The Morgan fingerprint density at radius 3 is 2.89 bits per heavy atom. The van der Waals surface area contributed by atoms with Gasteiger partial charge in [-0.15, -0.1) is 0 Å². The maximum Gasteiger partial charge on any atom is 0.220 e. The number of amides is 1. The molecule has 1 amide bonds.